The number of amides is 1. The first-order valence-electron chi connectivity index (χ1n) is 8.39. The highest BCUT2D eigenvalue weighted by Crippen LogP contribution is 2.19. The standard InChI is InChI=1S/C19H27N3O2/c1-14(2)22-11-9-17(20-22)19(23)21(5)10-6-12-24-18-13-15(3)7-8-16(18)4/h7-9,11,13-14H,6,10,12H2,1-5H3. The Kier molecular flexibility index (Phi) is 6.01. The molecule has 5 heteroatoms. The summed E-state index contributed by atoms with van der Waals surface area (Å²) in [5, 5.41) is 4.32. The summed E-state index contributed by atoms with van der Waals surface area (Å²) < 4.78 is 7.63. The molecular formula is C19H27N3O2. The van der Waals surface area contributed by atoms with Gasteiger partial charge >= 0.3 is 0 Å². The van der Waals surface area contributed by atoms with E-state index in [4.69, 9.17) is 4.74 Å². The predicted molar refractivity (Wildman–Crippen MR) is 95.6 cm³/mol. The minimum atomic E-state index is -0.0545. The Morgan fingerprint density at radius 1 is 1.29 bits per heavy atom. The summed E-state index contributed by atoms with van der Waals surface area (Å²) in [6.07, 6.45) is 2.62. The molecule has 0 aliphatic carbocycles. The number of ether oxygens (including phenoxy) is 1. The van der Waals surface area contributed by atoms with Gasteiger partial charge in [-0.25, -0.2) is 0 Å². The number of carbonyl (C=O) groups is 1. The summed E-state index contributed by atoms with van der Waals surface area (Å²) >= 11 is 0. The fourth-order valence-corrected chi connectivity index (χ4v) is 2.38. The number of hydrogen-bond acceptors (Lipinski definition) is 3. The predicted octanol–water partition coefficient (Wildman–Crippen LogP) is 3.62. The van der Waals surface area contributed by atoms with Crippen LogP contribution in [-0.4, -0.2) is 40.8 Å². The minimum Gasteiger partial charge on any atom is -0.493 e. The number of rotatable bonds is 7. The van der Waals surface area contributed by atoms with Gasteiger partial charge in [-0.2, -0.15) is 5.10 Å². The van der Waals surface area contributed by atoms with Crippen LogP contribution in [0.1, 0.15) is 47.9 Å². The number of aryl methyl sites for hydroxylation is 2. The molecule has 0 N–H and O–H groups in total. The van der Waals surface area contributed by atoms with Crippen molar-refractivity contribution in [3.05, 3.63) is 47.3 Å². The van der Waals surface area contributed by atoms with Crippen LogP contribution >= 0.6 is 0 Å². The fraction of sp³-hybridized carbons (Fsp3) is 0.474. The maximum atomic E-state index is 12.4. The molecule has 0 bridgehead atoms. The molecule has 0 aliphatic heterocycles. The van der Waals surface area contributed by atoms with Gasteiger partial charge in [-0.3, -0.25) is 9.48 Å². The van der Waals surface area contributed by atoms with Gasteiger partial charge in [-0.15, -0.1) is 0 Å². The van der Waals surface area contributed by atoms with Crippen LogP contribution in [0.25, 0.3) is 0 Å². The molecule has 1 aromatic carbocycles. The summed E-state index contributed by atoms with van der Waals surface area (Å²) in [6.45, 7) is 9.39. The average molecular weight is 329 g/mol. The first-order chi connectivity index (χ1) is 11.4. The molecule has 1 heterocycles. The number of carbonyl (C=O) groups excluding carboxylic acids is 1. The molecule has 0 atom stereocenters. The molecule has 0 spiro atoms. The van der Waals surface area contributed by atoms with E-state index in [0.29, 0.717) is 18.8 Å². The fourth-order valence-electron chi connectivity index (χ4n) is 2.38. The Morgan fingerprint density at radius 2 is 2.04 bits per heavy atom. The van der Waals surface area contributed by atoms with E-state index in [2.05, 4.69) is 24.2 Å². The van der Waals surface area contributed by atoms with Gasteiger partial charge in [0.25, 0.3) is 5.91 Å². The Balaban J connectivity index is 1.81. The molecule has 0 unspecified atom stereocenters. The number of nitrogens with zero attached hydrogens (tertiary/aromatic N) is 3. The SMILES string of the molecule is Cc1ccc(C)c(OCCCN(C)C(=O)c2ccn(C(C)C)n2)c1. The van der Waals surface area contributed by atoms with Gasteiger partial charge in [0.2, 0.25) is 0 Å². The van der Waals surface area contributed by atoms with Crippen molar-refractivity contribution < 1.29 is 9.53 Å². The molecule has 0 saturated heterocycles. The highest BCUT2D eigenvalue weighted by atomic mass is 16.5. The summed E-state index contributed by atoms with van der Waals surface area (Å²) in [5.41, 5.74) is 2.80. The normalized spacial score (nSPS) is 10.9. The molecule has 5 nitrogen and oxygen atoms in total. The van der Waals surface area contributed by atoms with Crippen LogP contribution in [0.3, 0.4) is 0 Å². The molecular weight excluding hydrogens is 302 g/mol. The molecule has 1 amide bonds. The van der Waals surface area contributed by atoms with Crippen molar-refractivity contribution in [1.82, 2.24) is 14.7 Å². The summed E-state index contributed by atoms with van der Waals surface area (Å²) in [6, 6.07) is 8.20. The van der Waals surface area contributed by atoms with Crippen molar-refractivity contribution in [2.75, 3.05) is 20.2 Å². The molecule has 0 fully saturated rings. The Bertz CT molecular complexity index is 692. The smallest absolute Gasteiger partial charge is 0.274 e. The second-order valence-electron chi connectivity index (χ2n) is 6.47. The van der Waals surface area contributed by atoms with Crippen LogP contribution in [-0.2, 0) is 0 Å². The lowest BCUT2D eigenvalue weighted by Gasteiger charge is -2.16. The van der Waals surface area contributed by atoms with Crippen molar-refractivity contribution in [2.45, 2.75) is 40.2 Å². The van der Waals surface area contributed by atoms with Crippen LogP contribution in [0.2, 0.25) is 0 Å². The molecule has 0 aliphatic rings. The number of aromatic nitrogens is 2. The zero-order chi connectivity index (χ0) is 17.7. The van der Waals surface area contributed by atoms with Crippen LogP contribution in [0.4, 0.5) is 0 Å². The van der Waals surface area contributed by atoms with Gasteiger partial charge < -0.3 is 9.64 Å². The van der Waals surface area contributed by atoms with Crippen LogP contribution in [0.15, 0.2) is 30.5 Å². The minimum absolute atomic E-state index is 0.0545. The van der Waals surface area contributed by atoms with E-state index in [9.17, 15) is 4.79 Å². The zero-order valence-electron chi connectivity index (χ0n) is 15.2. The molecule has 24 heavy (non-hydrogen) atoms. The third-order valence-corrected chi connectivity index (χ3v) is 3.94. The second-order valence-corrected chi connectivity index (χ2v) is 6.47. The topological polar surface area (TPSA) is 47.4 Å². The first kappa shape index (κ1) is 18.0. The third-order valence-electron chi connectivity index (χ3n) is 3.94. The van der Waals surface area contributed by atoms with E-state index in [1.165, 1.54) is 5.56 Å². The highest BCUT2D eigenvalue weighted by Gasteiger charge is 2.15. The number of benzene rings is 1. The largest absolute Gasteiger partial charge is 0.493 e. The van der Waals surface area contributed by atoms with Gasteiger partial charge in [0.05, 0.1) is 6.61 Å². The molecule has 2 aromatic rings. The summed E-state index contributed by atoms with van der Waals surface area (Å²) in [5.74, 6) is 0.862. The van der Waals surface area contributed by atoms with Gasteiger partial charge in [-0.05, 0) is 57.4 Å². The first-order valence-corrected chi connectivity index (χ1v) is 8.39. The van der Waals surface area contributed by atoms with Gasteiger partial charge in [0, 0.05) is 25.8 Å². The molecule has 130 valence electrons. The van der Waals surface area contributed by atoms with E-state index in [0.717, 1.165) is 17.7 Å². The highest BCUT2D eigenvalue weighted by molar-refractivity contribution is 5.91. The van der Waals surface area contributed by atoms with Crippen molar-refractivity contribution in [2.24, 2.45) is 0 Å². The van der Waals surface area contributed by atoms with Crippen LogP contribution in [0.5, 0.6) is 5.75 Å². The van der Waals surface area contributed by atoms with Crippen LogP contribution < -0.4 is 4.74 Å². The van der Waals surface area contributed by atoms with E-state index in [1.54, 1.807) is 22.7 Å². The van der Waals surface area contributed by atoms with E-state index in [-0.39, 0.29) is 11.9 Å². The lowest BCUT2D eigenvalue weighted by atomic mass is 10.1. The van der Waals surface area contributed by atoms with Gasteiger partial charge in [0.1, 0.15) is 11.4 Å². The van der Waals surface area contributed by atoms with E-state index in [1.807, 2.05) is 33.0 Å². The zero-order valence-corrected chi connectivity index (χ0v) is 15.2. The van der Waals surface area contributed by atoms with Crippen molar-refractivity contribution in [3.63, 3.8) is 0 Å². The summed E-state index contributed by atoms with van der Waals surface area (Å²) in [7, 11) is 1.80. The van der Waals surface area contributed by atoms with E-state index < -0.39 is 0 Å². The van der Waals surface area contributed by atoms with Gasteiger partial charge in [0.15, 0.2) is 0 Å². The third kappa shape index (κ3) is 4.60. The second kappa shape index (κ2) is 7.99. The lowest BCUT2D eigenvalue weighted by Crippen LogP contribution is -2.29. The number of hydrogen-bond donors (Lipinski definition) is 0. The summed E-state index contributed by atoms with van der Waals surface area (Å²) in [4.78, 5) is 14.0. The molecule has 2 rings (SSSR count). The van der Waals surface area contributed by atoms with Crippen molar-refractivity contribution in [3.8, 4) is 5.75 Å². The Labute approximate surface area is 144 Å². The van der Waals surface area contributed by atoms with E-state index >= 15 is 0 Å². The maximum absolute atomic E-state index is 12.4. The van der Waals surface area contributed by atoms with Crippen molar-refractivity contribution >= 4 is 5.91 Å². The van der Waals surface area contributed by atoms with Gasteiger partial charge in [-0.1, -0.05) is 12.1 Å². The van der Waals surface area contributed by atoms with Crippen molar-refractivity contribution in [1.29, 1.82) is 0 Å². The Hall–Kier alpha value is -2.30. The van der Waals surface area contributed by atoms with Crippen LogP contribution in [0, 0.1) is 13.8 Å². The maximum Gasteiger partial charge on any atom is 0.274 e. The average Bonchev–Trinajstić information content (AvgIpc) is 3.04. The molecule has 0 radical (unpaired) electrons. The quantitative estimate of drug-likeness (QED) is 0.729. The molecule has 1 aromatic heterocycles. The Morgan fingerprint density at radius 3 is 2.71 bits per heavy atom. The monoisotopic (exact) mass is 329 g/mol. The lowest BCUT2D eigenvalue weighted by molar-refractivity contribution is 0.0781. The molecule has 0 saturated carbocycles.